The molecule has 6 heteroatoms. The minimum absolute atomic E-state index is 0.0114. The molecule has 116 valence electrons. The number of hydrogen-bond donors (Lipinski definition) is 2. The standard InChI is InChI=1S/C15H23BrN4O/c1-10(2)9-20(12-5-3-4-6-12)15(21)13-7-11(16)8-18-14(13)19-17/h7-8,10,12H,3-6,9,17H2,1-2H3,(H,18,19). The van der Waals surface area contributed by atoms with Crippen LogP contribution < -0.4 is 11.3 Å². The van der Waals surface area contributed by atoms with Gasteiger partial charge in [-0.1, -0.05) is 26.7 Å². The highest BCUT2D eigenvalue weighted by atomic mass is 79.9. The van der Waals surface area contributed by atoms with E-state index in [1.165, 1.54) is 12.8 Å². The van der Waals surface area contributed by atoms with Gasteiger partial charge >= 0.3 is 0 Å². The largest absolute Gasteiger partial charge is 0.335 e. The molecular weight excluding hydrogens is 332 g/mol. The second kappa shape index (κ2) is 7.22. The average Bonchev–Trinajstić information content (AvgIpc) is 2.97. The van der Waals surface area contributed by atoms with Crippen LogP contribution in [-0.4, -0.2) is 28.4 Å². The van der Waals surface area contributed by atoms with E-state index in [9.17, 15) is 4.79 Å². The van der Waals surface area contributed by atoms with Gasteiger partial charge in [0, 0.05) is 23.3 Å². The molecule has 0 bridgehead atoms. The maximum Gasteiger partial charge on any atom is 0.257 e. The molecule has 1 aliphatic rings. The second-order valence-electron chi connectivity index (χ2n) is 5.98. The van der Waals surface area contributed by atoms with Crippen LogP contribution in [0.2, 0.25) is 0 Å². The number of hydrazine groups is 1. The van der Waals surface area contributed by atoms with Crippen LogP contribution in [0.15, 0.2) is 16.7 Å². The summed E-state index contributed by atoms with van der Waals surface area (Å²) in [4.78, 5) is 19.1. The summed E-state index contributed by atoms with van der Waals surface area (Å²) in [6.45, 7) is 5.03. The van der Waals surface area contributed by atoms with Gasteiger partial charge in [0.15, 0.2) is 5.82 Å². The fourth-order valence-electron chi connectivity index (χ4n) is 2.88. The van der Waals surface area contributed by atoms with E-state index in [0.29, 0.717) is 23.3 Å². The fourth-order valence-corrected chi connectivity index (χ4v) is 3.21. The minimum atomic E-state index is 0.0114. The van der Waals surface area contributed by atoms with Crippen molar-refractivity contribution in [1.82, 2.24) is 9.88 Å². The number of nitrogens with two attached hydrogens (primary N) is 1. The van der Waals surface area contributed by atoms with E-state index in [-0.39, 0.29) is 5.91 Å². The number of nitrogens with zero attached hydrogens (tertiary/aromatic N) is 2. The lowest BCUT2D eigenvalue weighted by atomic mass is 10.1. The third-order valence-electron chi connectivity index (χ3n) is 3.81. The molecule has 0 aromatic carbocycles. The summed E-state index contributed by atoms with van der Waals surface area (Å²) < 4.78 is 0.778. The van der Waals surface area contributed by atoms with Crippen molar-refractivity contribution in [3.05, 3.63) is 22.3 Å². The first-order chi connectivity index (χ1) is 10.0. The molecule has 0 saturated heterocycles. The Morgan fingerprint density at radius 1 is 1.52 bits per heavy atom. The van der Waals surface area contributed by atoms with Crippen LogP contribution >= 0.6 is 15.9 Å². The number of anilines is 1. The van der Waals surface area contributed by atoms with Gasteiger partial charge in [-0.05, 0) is 40.8 Å². The summed E-state index contributed by atoms with van der Waals surface area (Å²) in [5.74, 6) is 6.37. The maximum absolute atomic E-state index is 13.0. The Bertz CT molecular complexity index is 500. The van der Waals surface area contributed by atoms with Crippen molar-refractivity contribution in [2.45, 2.75) is 45.6 Å². The summed E-state index contributed by atoms with van der Waals surface area (Å²) in [6.07, 6.45) is 6.21. The lowest BCUT2D eigenvalue weighted by molar-refractivity contribution is 0.0656. The molecule has 1 fully saturated rings. The molecular formula is C15H23BrN4O. The number of nitrogen functional groups attached to an aromatic ring is 1. The molecule has 5 nitrogen and oxygen atoms in total. The first kappa shape index (κ1) is 16.2. The number of aromatic nitrogens is 1. The van der Waals surface area contributed by atoms with Crippen molar-refractivity contribution in [1.29, 1.82) is 0 Å². The number of carbonyl (C=O) groups excluding carboxylic acids is 1. The molecule has 1 aliphatic carbocycles. The molecule has 0 spiro atoms. The number of halogens is 1. The highest BCUT2D eigenvalue weighted by Crippen LogP contribution is 2.27. The van der Waals surface area contributed by atoms with Crippen molar-refractivity contribution in [2.75, 3.05) is 12.0 Å². The zero-order valence-electron chi connectivity index (χ0n) is 12.6. The fraction of sp³-hybridized carbons (Fsp3) is 0.600. The number of pyridine rings is 1. The van der Waals surface area contributed by atoms with Gasteiger partial charge in [0.2, 0.25) is 0 Å². The number of carbonyl (C=O) groups is 1. The predicted octanol–water partition coefficient (Wildman–Crippen LogP) is 3.17. The Labute approximate surface area is 134 Å². The van der Waals surface area contributed by atoms with Crippen LogP contribution in [0.4, 0.5) is 5.82 Å². The third kappa shape index (κ3) is 3.95. The highest BCUT2D eigenvalue weighted by Gasteiger charge is 2.29. The maximum atomic E-state index is 13.0. The summed E-state index contributed by atoms with van der Waals surface area (Å²) in [6, 6.07) is 2.12. The quantitative estimate of drug-likeness (QED) is 0.629. The van der Waals surface area contributed by atoms with Gasteiger partial charge in [-0.2, -0.15) is 0 Å². The third-order valence-corrected chi connectivity index (χ3v) is 4.24. The zero-order chi connectivity index (χ0) is 15.4. The Kier molecular flexibility index (Phi) is 5.58. The first-order valence-electron chi connectivity index (χ1n) is 7.46. The lowest BCUT2D eigenvalue weighted by Crippen LogP contribution is -2.41. The Morgan fingerprint density at radius 2 is 2.19 bits per heavy atom. The van der Waals surface area contributed by atoms with Gasteiger partial charge in [-0.15, -0.1) is 0 Å². The van der Waals surface area contributed by atoms with E-state index >= 15 is 0 Å². The van der Waals surface area contributed by atoms with Gasteiger partial charge in [-0.3, -0.25) is 4.79 Å². The van der Waals surface area contributed by atoms with E-state index in [2.05, 4.69) is 40.2 Å². The summed E-state index contributed by atoms with van der Waals surface area (Å²) in [7, 11) is 0. The molecule has 1 amide bonds. The van der Waals surface area contributed by atoms with Crippen LogP contribution in [0.3, 0.4) is 0 Å². The lowest BCUT2D eigenvalue weighted by Gasteiger charge is -2.31. The Hall–Kier alpha value is -1.14. The van der Waals surface area contributed by atoms with Crippen molar-refractivity contribution >= 4 is 27.7 Å². The van der Waals surface area contributed by atoms with Crippen LogP contribution in [0.5, 0.6) is 0 Å². The number of hydrogen-bond acceptors (Lipinski definition) is 4. The van der Waals surface area contributed by atoms with E-state index < -0.39 is 0 Å². The summed E-state index contributed by atoms with van der Waals surface area (Å²) >= 11 is 3.38. The van der Waals surface area contributed by atoms with Gasteiger partial charge in [0.25, 0.3) is 5.91 Å². The van der Waals surface area contributed by atoms with Crippen LogP contribution in [-0.2, 0) is 0 Å². The minimum Gasteiger partial charge on any atom is -0.335 e. The molecule has 3 N–H and O–H groups in total. The molecule has 2 rings (SSSR count). The monoisotopic (exact) mass is 354 g/mol. The summed E-state index contributed by atoms with van der Waals surface area (Å²) in [5, 5.41) is 0. The van der Waals surface area contributed by atoms with Crippen molar-refractivity contribution in [3.63, 3.8) is 0 Å². The van der Waals surface area contributed by atoms with Crippen molar-refractivity contribution in [3.8, 4) is 0 Å². The van der Waals surface area contributed by atoms with Crippen LogP contribution in [0.1, 0.15) is 49.9 Å². The molecule has 0 unspecified atom stereocenters. The van der Waals surface area contributed by atoms with E-state index in [4.69, 9.17) is 5.84 Å². The van der Waals surface area contributed by atoms with Crippen molar-refractivity contribution < 1.29 is 4.79 Å². The molecule has 0 atom stereocenters. The highest BCUT2D eigenvalue weighted by molar-refractivity contribution is 9.10. The first-order valence-corrected chi connectivity index (χ1v) is 8.25. The molecule has 1 saturated carbocycles. The number of rotatable bonds is 5. The molecule has 1 aromatic rings. The Balaban J connectivity index is 2.30. The second-order valence-corrected chi connectivity index (χ2v) is 6.90. The molecule has 1 heterocycles. The summed E-state index contributed by atoms with van der Waals surface area (Å²) in [5.41, 5.74) is 3.05. The topological polar surface area (TPSA) is 71.2 Å². The molecule has 21 heavy (non-hydrogen) atoms. The van der Waals surface area contributed by atoms with E-state index in [1.54, 1.807) is 12.3 Å². The van der Waals surface area contributed by atoms with Crippen LogP contribution in [0.25, 0.3) is 0 Å². The Morgan fingerprint density at radius 3 is 2.76 bits per heavy atom. The van der Waals surface area contributed by atoms with Gasteiger partial charge < -0.3 is 10.3 Å². The number of amides is 1. The SMILES string of the molecule is CC(C)CN(C(=O)c1cc(Br)cnc1NN)C1CCCC1. The van der Waals surface area contributed by atoms with Crippen LogP contribution in [0, 0.1) is 5.92 Å². The average molecular weight is 355 g/mol. The zero-order valence-corrected chi connectivity index (χ0v) is 14.2. The molecule has 0 radical (unpaired) electrons. The van der Waals surface area contributed by atoms with Gasteiger partial charge in [0.05, 0.1) is 5.56 Å². The molecule has 0 aliphatic heterocycles. The van der Waals surface area contributed by atoms with Gasteiger partial charge in [0.1, 0.15) is 0 Å². The van der Waals surface area contributed by atoms with E-state index in [1.807, 2.05) is 4.90 Å². The van der Waals surface area contributed by atoms with E-state index in [0.717, 1.165) is 23.9 Å². The van der Waals surface area contributed by atoms with Gasteiger partial charge in [-0.25, -0.2) is 10.8 Å². The van der Waals surface area contributed by atoms with Crippen molar-refractivity contribution in [2.24, 2.45) is 11.8 Å². The number of nitrogens with one attached hydrogen (secondary N) is 1. The predicted molar refractivity (Wildman–Crippen MR) is 87.9 cm³/mol. The normalized spacial score (nSPS) is 15.5. The molecule has 1 aromatic heterocycles. The smallest absolute Gasteiger partial charge is 0.257 e.